The first-order valence-electron chi connectivity index (χ1n) is 11.9. The van der Waals surface area contributed by atoms with Gasteiger partial charge in [-0.1, -0.05) is 18.2 Å². The molecule has 33 heavy (non-hydrogen) atoms. The van der Waals surface area contributed by atoms with Gasteiger partial charge in [-0.2, -0.15) is 5.10 Å². The number of benzene rings is 1. The van der Waals surface area contributed by atoms with E-state index in [-0.39, 0.29) is 29.9 Å². The normalized spacial score (nSPS) is 21.9. The number of piperazine rings is 1. The molecular weight excluding hydrogens is 418 g/mol. The average molecular weight is 454 g/mol. The Balaban J connectivity index is 1.49. The molecule has 2 aliphatic rings. The predicted octanol–water partition coefficient (Wildman–Crippen LogP) is 2.54. The van der Waals surface area contributed by atoms with E-state index in [4.69, 9.17) is 4.74 Å². The highest BCUT2D eigenvalue weighted by Crippen LogP contribution is 2.27. The summed E-state index contributed by atoms with van der Waals surface area (Å²) in [5, 5.41) is 4.32. The second-order valence-corrected chi connectivity index (χ2v) is 9.41. The van der Waals surface area contributed by atoms with Gasteiger partial charge in [-0.05, 0) is 39.1 Å². The van der Waals surface area contributed by atoms with E-state index in [9.17, 15) is 9.59 Å². The molecule has 0 N–H and O–H groups in total. The number of amides is 2. The van der Waals surface area contributed by atoms with Crippen LogP contribution in [0.3, 0.4) is 0 Å². The van der Waals surface area contributed by atoms with Gasteiger partial charge in [0.15, 0.2) is 0 Å². The van der Waals surface area contributed by atoms with Crippen LogP contribution in [0.2, 0.25) is 0 Å². The molecule has 3 heterocycles. The molecule has 1 aromatic heterocycles. The molecule has 0 aliphatic carbocycles. The molecule has 4 rings (SSSR count). The third-order valence-corrected chi connectivity index (χ3v) is 6.65. The van der Waals surface area contributed by atoms with E-state index >= 15 is 0 Å². The number of carbonyl (C=O) groups excluding carboxylic acids is 2. The Labute approximate surface area is 196 Å². The van der Waals surface area contributed by atoms with Crippen molar-refractivity contribution >= 4 is 11.8 Å². The standard InChI is InChI=1S/C25H35N5O3/c1-19(2)30-22(9-11-26-30)25(32)29-12-10-23(33-21-7-5-4-6-8-21)20(18-29)17-24(31)28-15-13-27(3)14-16-28/h4-9,11,19-20,23H,10,12-18H2,1-3H3/t20-,23-/m0/s1. The van der Waals surface area contributed by atoms with E-state index in [2.05, 4.69) is 17.0 Å². The molecule has 8 heteroatoms. The van der Waals surface area contributed by atoms with E-state index in [1.165, 1.54) is 0 Å². The molecule has 2 amide bonds. The van der Waals surface area contributed by atoms with Gasteiger partial charge in [0.1, 0.15) is 17.5 Å². The van der Waals surface area contributed by atoms with Gasteiger partial charge < -0.3 is 19.4 Å². The molecule has 0 radical (unpaired) electrons. The molecule has 0 unspecified atom stereocenters. The van der Waals surface area contributed by atoms with Crippen LogP contribution in [-0.4, -0.2) is 88.7 Å². The van der Waals surface area contributed by atoms with E-state index < -0.39 is 0 Å². The highest BCUT2D eigenvalue weighted by atomic mass is 16.5. The lowest BCUT2D eigenvalue weighted by molar-refractivity contribution is -0.135. The van der Waals surface area contributed by atoms with Crippen molar-refractivity contribution in [2.45, 2.75) is 38.8 Å². The zero-order chi connectivity index (χ0) is 23.4. The van der Waals surface area contributed by atoms with Gasteiger partial charge in [-0.25, -0.2) is 0 Å². The predicted molar refractivity (Wildman–Crippen MR) is 126 cm³/mol. The lowest BCUT2D eigenvalue weighted by Crippen LogP contribution is -2.51. The van der Waals surface area contributed by atoms with Gasteiger partial charge in [0.05, 0.1) is 0 Å². The highest BCUT2D eigenvalue weighted by molar-refractivity contribution is 5.92. The summed E-state index contributed by atoms with van der Waals surface area (Å²) in [7, 11) is 2.08. The van der Waals surface area contributed by atoms with E-state index in [1.807, 2.05) is 54.0 Å². The quantitative estimate of drug-likeness (QED) is 0.672. The van der Waals surface area contributed by atoms with Crippen LogP contribution >= 0.6 is 0 Å². The van der Waals surface area contributed by atoms with Crippen molar-refractivity contribution < 1.29 is 14.3 Å². The Kier molecular flexibility index (Phi) is 7.33. The third kappa shape index (κ3) is 5.55. The first-order valence-corrected chi connectivity index (χ1v) is 11.9. The molecular formula is C25H35N5O3. The number of likely N-dealkylation sites (tertiary alicyclic amines) is 1. The van der Waals surface area contributed by atoms with Gasteiger partial charge in [0.2, 0.25) is 5.91 Å². The lowest BCUT2D eigenvalue weighted by atomic mass is 9.90. The molecule has 2 aliphatic heterocycles. The van der Waals surface area contributed by atoms with Crippen LogP contribution in [0.15, 0.2) is 42.6 Å². The fraction of sp³-hybridized carbons (Fsp3) is 0.560. The summed E-state index contributed by atoms with van der Waals surface area (Å²) in [5.74, 6) is 0.857. The minimum atomic E-state index is -0.108. The van der Waals surface area contributed by atoms with Crippen molar-refractivity contribution in [2.75, 3.05) is 46.3 Å². The first kappa shape index (κ1) is 23.3. The van der Waals surface area contributed by atoms with Crippen LogP contribution in [-0.2, 0) is 4.79 Å². The molecule has 8 nitrogen and oxygen atoms in total. The topological polar surface area (TPSA) is 70.9 Å². The Bertz CT molecular complexity index is 937. The van der Waals surface area contributed by atoms with Crippen LogP contribution in [0, 0.1) is 5.92 Å². The molecule has 2 aromatic rings. The van der Waals surface area contributed by atoms with Crippen molar-refractivity contribution in [2.24, 2.45) is 5.92 Å². The van der Waals surface area contributed by atoms with Gasteiger partial charge in [-0.3, -0.25) is 14.3 Å². The van der Waals surface area contributed by atoms with Crippen molar-refractivity contribution in [1.29, 1.82) is 0 Å². The summed E-state index contributed by atoms with van der Waals surface area (Å²) in [4.78, 5) is 32.6. The molecule has 2 saturated heterocycles. The number of hydrogen-bond acceptors (Lipinski definition) is 5. The maximum Gasteiger partial charge on any atom is 0.272 e. The molecule has 2 fully saturated rings. The number of aromatic nitrogens is 2. The smallest absolute Gasteiger partial charge is 0.272 e. The Hall–Kier alpha value is -2.87. The number of ether oxygens (including phenoxy) is 1. The fourth-order valence-corrected chi connectivity index (χ4v) is 4.69. The third-order valence-electron chi connectivity index (χ3n) is 6.65. The van der Waals surface area contributed by atoms with Crippen molar-refractivity contribution in [3.05, 3.63) is 48.3 Å². The zero-order valence-electron chi connectivity index (χ0n) is 19.9. The number of nitrogens with zero attached hydrogens (tertiary/aromatic N) is 5. The Morgan fingerprint density at radius 3 is 2.45 bits per heavy atom. The number of rotatable bonds is 6. The van der Waals surface area contributed by atoms with Crippen LogP contribution in [0.1, 0.15) is 43.2 Å². The van der Waals surface area contributed by atoms with E-state index in [0.717, 1.165) is 31.9 Å². The second kappa shape index (κ2) is 10.4. The summed E-state index contributed by atoms with van der Waals surface area (Å²) < 4.78 is 8.08. The zero-order valence-corrected chi connectivity index (χ0v) is 19.9. The summed E-state index contributed by atoms with van der Waals surface area (Å²) in [6.07, 6.45) is 2.64. The largest absolute Gasteiger partial charge is 0.490 e. The van der Waals surface area contributed by atoms with Crippen molar-refractivity contribution in [3.63, 3.8) is 0 Å². The van der Waals surface area contributed by atoms with E-state index in [1.54, 1.807) is 16.9 Å². The fourth-order valence-electron chi connectivity index (χ4n) is 4.69. The number of likely N-dealkylation sites (N-methyl/N-ethyl adjacent to an activating group) is 1. The lowest BCUT2D eigenvalue weighted by Gasteiger charge is -2.40. The first-order chi connectivity index (χ1) is 15.9. The maximum absolute atomic E-state index is 13.3. The monoisotopic (exact) mass is 453 g/mol. The molecule has 0 saturated carbocycles. The maximum atomic E-state index is 13.3. The Morgan fingerprint density at radius 2 is 1.76 bits per heavy atom. The number of carbonyl (C=O) groups is 2. The highest BCUT2D eigenvalue weighted by Gasteiger charge is 2.36. The Morgan fingerprint density at radius 1 is 1.03 bits per heavy atom. The minimum absolute atomic E-state index is 0.0311. The van der Waals surface area contributed by atoms with Crippen LogP contribution in [0.5, 0.6) is 5.75 Å². The summed E-state index contributed by atoms with van der Waals surface area (Å²) in [6.45, 7) is 8.42. The van der Waals surface area contributed by atoms with Gasteiger partial charge in [0, 0.05) is 70.3 Å². The molecule has 1 aromatic carbocycles. The number of para-hydroxylation sites is 1. The van der Waals surface area contributed by atoms with Crippen LogP contribution < -0.4 is 4.74 Å². The van der Waals surface area contributed by atoms with Gasteiger partial charge >= 0.3 is 0 Å². The van der Waals surface area contributed by atoms with Gasteiger partial charge in [0.25, 0.3) is 5.91 Å². The molecule has 2 atom stereocenters. The number of hydrogen-bond donors (Lipinski definition) is 0. The molecule has 178 valence electrons. The van der Waals surface area contributed by atoms with E-state index in [0.29, 0.717) is 31.6 Å². The summed E-state index contributed by atoms with van der Waals surface area (Å²) in [5.41, 5.74) is 0.594. The second-order valence-electron chi connectivity index (χ2n) is 9.41. The van der Waals surface area contributed by atoms with Crippen LogP contribution in [0.25, 0.3) is 0 Å². The molecule has 0 bridgehead atoms. The minimum Gasteiger partial charge on any atom is -0.490 e. The van der Waals surface area contributed by atoms with Crippen molar-refractivity contribution in [3.8, 4) is 5.75 Å². The van der Waals surface area contributed by atoms with Crippen molar-refractivity contribution in [1.82, 2.24) is 24.5 Å². The van der Waals surface area contributed by atoms with Gasteiger partial charge in [-0.15, -0.1) is 0 Å². The summed E-state index contributed by atoms with van der Waals surface area (Å²) >= 11 is 0. The van der Waals surface area contributed by atoms with Crippen LogP contribution in [0.4, 0.5) is 0 Å². The molecule has 0 spiro atoms. The average Bonchev–Trinajstić information content (AvgIpc) is 3.31. The number of piperidine rings is 1. The summed E-state index contributed by atoms with van der Waals surface area (Å²) in [6, 6.07) is 11.6. The SMILES string of the molecule is CC(C)n1nccc1C(=O)N1CC[C@H](Oc2ccccc2)[C@@H](CC(=O)N2CCN(C)CC2)C1.